The molecule has 0 radical (unpaired) electrons. The van der Waals surface area contributed by atoms with Gasteiger partial charge in [-0.15, -0.1) is 0 Å². The number of nitrogen functional groups attached to an aromatic ring is 1. The zero-order chi connectivity index (χ0) is 8.27. The van der Waals surface area contributed by atoms with E-state index in [9.17, 15) is 4.39 Å². The normalized spacial score (nSPS) is 10.0. The van der Waals surface area contributed by atoms with Gasteiger partial charge in [0.05, 0.1) is 0 Å². The van der Waals surface area contributed by atoms with E-state index in [-0.39, 0.29) is 5.82 Å². The third kappa shape index (κ3) is 2.12. The number of nitrogens with two attached hydrogens (primary N) is 1. The van der Waals surface area contributed by atoms with Gasteiger partial charge in [0.15, 0.2) is 0 Å². The predicted octanol–water partition coefficient (Wildman–Crippen LogP) is 2.27. The van der Waals surface area contributed by atoms with E-state index < -0.39 is 0 Å². The summed E-state index contributed by atoms with van der Waals surface area (Å²) < 4.78 is 12.9. The number of rotatable bonds is 2. The molecule has 0 aliphatic carbocycles. The maximum atomic E-state index is 12.9. The van der Waals surface area contributed by atoms with Crippen LogP contribution in [0.2, 0.25) is 0 Å². The molecule has 0 atom stereocenters. The van der Waals surface area contributed by atoms with Crippen molar-refractivity contribution in [3.05, 3.63) is 29.6 Å². The van der Waals surface area contributed by atoms with E-state index in [4.69, 9.17) is 5.73 Å². The minimum atomic E-state index is -0.173. The molecule has 11 heavy (non-hydrogen) atoms. The summed E-state index contributed by atoms with van der Waals surface area (Å²) >= 11 is 1.58. The highest BCUT2D eigenvalue weighted by Crippen LogP contribution is 2.16. The lowest BCUT2D eigenvalue weighted by molar-refractivity contribution is 0.617. The van der Waals surface area contributed by atoms with Gasteiger partial charge in [-0.25, -0.2) is 4.39 Å². The van der Waals surface area contributed by atoms with Crippen LogP contribution in [0.5, 0.6) is 0 Å². The van der Waals surface area contributed by atoms with Crippen molar-refractivity contribution in [3.8, 4) is 0 Å². The molecule has 0 unspecified atom stereocenters. The second kappa shape index (κ2) is 3.62. The van der Waals surface area contributed by atoms with Gasteiger partial charge in [-0.1, -0.05) is 0 Å². The molecule has 0 spiro atoms. The van der Waals surface area contributed by atoms with Gasteiger partial charge in [0.1, 0.15) is 5.82 Å². The Morgan fingerprint density at radius 3 is 2.91 bits per heavy atom. The number of anilines is 1. The first kappa shape index (κ1) is 8.40. The van der Waals surface area contributed by atoms with Crippen molar-refractivity contribution in [3.63, 3.8) is 0 Å². The van der Waals surface area contributed by atoms with E-state index in [0.29, 0.717) is 17.0 Å². The summed E-state index contributed by atoms with van der Waals surface area (Å²) in [7, 11) is 0. The van der Waals surface area contributed by atoms with Crippen molar-refractivity contribution in [1.29, 1.82) is 0 Å². The molecule has 0 heterocycles. The van der Waals surface area contributed by atoms with E-state index in [1.54, 1.807) is 23.9 Å². The number of benzene rings is 1. The van der Waals surface area contributed by atoms with Crippen LogP contribution in [0, 0.1) is 5.82 Å². The van der Waals surface area contributed by atoms with Crippen LogP contribution >= 0.6 is 11.8 Å². The topological polar surface area (TPSA) is 26.0 Å². The second-order valence-corrected chi connectivity index (χ2v) is 3.15. The summed E-state index contributed by atoms with van der Waals surface area (Å²) in [6.45, 7) is 0. The summed E-state index contributed by atoms with van der Waals surface area (Å²) in [5.41, 5.74) is 6.78. The molecule has 0 aliphatic heterocycles. The van der Waals surface area contributed by atoms with Crippen LogP contribution in [0.15, 0.2) is 18.2 Å². The smallest absolute Gasteiger partial charge is 0.127 e. The molecule has 60 valence electrons. The number of thioether (sulfide) groups is 1. The first-order valence-corrected chi connectivity index (χ1v) is 4.66. The Morgan fingerprint density at radius 1 is 1.55 bits per heavy atom. The van der Waals surface area contributed by atoms with Gasteiger partial charge >= 0.3 is 0 Å². The summed E-state index contributed by atoms with van der Waals surface area (Å²) in [6, 6.07) is 4.64. The molecular weight excluding hydrogens is 161 g/mol. The lowest BCUT2D eigenvalue weighted by Gasteiger charge is -2.01. The van der Waals surface area contributed by atoms with Gasteiger partial charge in [0, 0.05) is 11.4 Å². The van der Waals surface area contributed by atoms with Crippen molar-refractivity contribution in [1.82, 2.24) is 0 Å². The van der Waals surface area contributed by atoms with E-state index >= 15 is 0 Å². The maximum Gasteiger partial charge on any atom is 0.127 e. The second-order valence-electron chi connectivity index (χ2n) is 2.28. The quantitative estimate of drug-likeness (QED) is 0.691. The minimum Gasteiger partial charge on any atom is -0.399 e. The molecule has 2 N–H and O–H groups in total. The van der Waals surface area contributed by atoms with E-state index in [0.717, 1.165) is 0 Å². The zero-order valence-electron chi connectivity index (χ0n) is 6.30. The molecule has 0 fully saturated rings. The van der Waals surface area contributed by atoms with Crippen LogP contribution in [0.4, 0.5) is 10.1 Å². The van der Waals surface area contributed by atoms with Gasteiger partial charge in [0.2, 0.25) is 0 Å². The highest BCUT2D eigenvalue weighted by Gasteiger charge is 2.00. The third-order valence-electron chi connectivity index (χ3n) is 1.37. The largest absolute Gasteiger partial charge is 0.399 e. The first-order chi connectivity index (χ1) is 5.24. The molecular formula is C8H10FNS. The Morgan fingerprint density at radius 2 is 2.27 bits per heavy atom. The molecule has 3 heteroatoms. The molecule has 0 saturated carbocycles. The van der Waals surface area contributed by atoms with Crippen LogP contribution in [-0.2, 0) is 5.75 Å². The molecule has 0 amide bonds. The average Bonchev–Trinajstić information content (AvgIpc) is 1.98. The average molecular weight is 171 g/mol. The summed E-state index contributed by atoms with van der Waals surface area (Å²) in [5, 5.41) is 0. The molecule has 1 rings (SSSR count). The molecule has 0 aromatic heterocycles. The predicted molar refractivity (Wildman–Crippen MR) is 48.0 cm³/mol. The zero-order valence-corrected chi connectivity index (χ0v) is 7.12. The Kier molecular flexibility index (Phi) is 2.76. The van der Waals surface area contributed by atoms with Crippen molar-refractivity contribution >= 4 is 17.4 Å². The van der Waals surface area contributed by atoms with Gasteiger partial charge in [-0.2, -0.15) is 11.8 Å². The van der Waals surface area contributed by atoms with E-state index in [1.165, 1.54) is 6.07 Å². The summed E-state index contributed by atoms with van der Waals surface area (Å²) in [5.74, 6) is 0.505. The van der Waals surface area contributed by atoms with Gasteiger partial charge < -0.3 is 5.73 Å². The number of hydrogen-bond acceptors (Lipinski definition) is 2. The van der Waals surface area contributed by atoms with E-state index in [1.807, 2.05) is 6.26 Å². The van der Waals surface area contributed by atoms with Crippen molar-refractivity contribution < 1.29 is 4.39 Å². The van der Waals surface area contributed by atoms with Gasteiger partial charge in [-0.3, -0.25) is 0 Å². The monoisotopic (exact) mass is 171 g/mol. The SMILES string of the molecule is CSCc1cc(N)ccc1F. The van der Waals surface area contributed by atoms with Crippen LogP contribution in [0.25, 0.3) is 0 Å². The van der Waals surface area contributed by atoms with Gasteiger partial charge in [-0.05, 0) is 30.0 Å². The molecule has 0 bridgehead atoms. The molecule has 0 saturated heterocycles. The standard InChI is InChI=1S/C8H10FNS/c1-11-5-6-4-7(10)2-3-8(6)9/h2-4H,5,10H2,1H3. The Bertz CT molecular complexity index is 250. The lowest BCUT2D eigenvalue weighted by atomic mass is 10.2. The fraction of sp³-hybridized carbons (Fsp3) is 0.250. The third-order valence-corrected chi connectivity index (χ3v) is 1.97. The van der Waals surface area contributed by atoms with Gasteiger partial charge in [0.25, 0.3) is 0 Å². The lowest BCUT2D eigenvalue weighted by Crippen LogP contribution is -1.91. The maximum absolute atomic E-state index is 12.9. The fourth-order valence-corrected chi connectivity index (χ4v) is 1.39. The number of hydrogen-bond donors (Lipinski definition) is 1. The van der Waals surface area contributed by atoms with Crippen LogP contribution in [0.3, 0.4) is 0 Å². The van der Waals surface area contributed by atoms with Crippen molar-refractivity contribution in [2.24, 2.45) is 0 Å². The molecule has 1 aromatic rings. The van der Waals surface area contributed by atoms with Crippen LogP contribution < -0.4 is 5.73 Å². The highest BCUT2D eigenvalue weighted by atomic mass is 32.2. The summed E-state index contributed by atoms with van der Waals surface area (Å²) in [6.07, 6.45) is 1.93. The van der Waals surface area contributed by atoms with E-state index in [2.05, 4.69) is 0 Å². The number of halogens is 1. The molecule has 1 nitrogen and oxygen atoms in total. The Labute approximate surface area is 69.8 Å². The fourth-order valence-electron chi connectivity index (χ4n) is 0.861. The first-order valence-electron chi connectivity index (χ1n) is 3.27. The van der Waals surface area contributed by atoms with Crippen molar-refractivity contribution in [2.75, 3.05) is 12.0 Å². The molecule has 1 aromatic carbocycles. The van der Waals surface area contributed by atoms with Crippen LogP contribution in [-0.4, -0.2) is 6.26 Å². The van der Waals surface area contributed by atoms with Crippen LogP contribution in [0.1, 0.15) is 5.56 Å². The summed E-state index contributed by atoms with van der Waals surface area (Å²) in [4.78, 5) is 0. The molecule has 0 aliphatic rings. The minimum absolute atomic E-state index is 0.173. The highest BCUT2D eigenvalue weighted by molar-refractivity contribution is 7.97. The Hall–Kier alpha value is -0.700. The Balaban J connectivity index is 2.93. The van der Waals surface area contributed by atoms with Crippen molar-refractivity contribution in [2.45, 2.75) is 5.75 Å².